The van der Waals surface area contributed by atoms with Crippen LogP contribution in [-0.2, 0) is 24.7 Å². The molecule has 2 aromatic heterocycles. The van der Waals surface area contributed by atoms with Crippen LogP contribution in [-0.4, -0.2) is 68.9 Å². The molecular formula is C27H36N6O3. The predicted molar refractivity (Wildman–Crippen MR) is 140 cm³/mol. The number of nitrogens with zero attached hydrogens (tertiary/aromatic N) is 4. The summed E-state index contributed by atoms with van der Waals surface area (Å²) in [5, 5.41) is 20.7. The van der Waals surface area contributed by atoms with Gasteiger partial charge in [-0.25, -0.2) is 9.78 Å². The Morgan fingerprint density at radius 2 is 2.08 bits per heavy atom. The number of amides is 1. The summed E-state index contributed by atoms with van der Waals surface area (Å²) >= 11 is 0. The van der Waals surface area contributed by atoms with E-state index in [4.69, 9.17) is 4.98 Å². The summed E-state index contributed by atoms with van der Waals surface area (Å²) in [6.45, 7) is 5.39. The number of unbranched alkanes of at least 4 members (excludes halogenated alkanes) is 1. The second-order valence-corrected chi connectivity index (χ2v) is 9.39. The zero-order chi connectivity index (χ0) is 25.5. The Balaban J connectivity index is 1.25. The molecule has 1 aromatic carbocycles. The highest BCUT2D eigenvalue weighted by Crippen LogP contribution is 2.21. The molecule has 36 heavy (non-hydrogen) atoms. The van der Waals surface area contributed by atoms with E-state index in [1.807, 2.05) is 13.1 Å². The lowest BCUT2D eigenvalue weighted by molar-refractivity contribution is -0.139. The van der Waals surface area contributed by atoms with E-state index in [0.29, 0.717) is 23.9 Å². The van der Waals surface area contributed by atoms with Crippen molar-refractivity contribution in [1.29, 1.82) is 0 Å². The fraction of sp³-hybridized carbons (Fsp3) is 0.481. The Bertz CT molecular complexity index is 1210. The van der Waals surface area contributed by atoms with Crippen molar-refractivity contribution >= 4 is 28.6 Å². The minimum atomic E-state index is -1.02. The van der Waals surface area contributed by atoms with Crippen molar-refractivity contribution in [2.45, 2.75) is 51.5 Å². The molecule has 192 valence electrons. The number of hydrogen-bond donors (Lipinski definition) is 3. The summed E-state index contributed by atoms with van der Waals surface area (Å²) in [6, 6.07) is 8.73. The normalized spacial score (nSPS) is 13.9. The number of carbonyl (C=O) groups is 2. The van der Waals surface area contributed by atoms with Crippen molar-refractivity contribution in [3.05, 3.63) is 53.3 Å². The van der Waals surface area contributed by atoms with Gasteiger partial charge in [-0.3, -0.25) is 9.48 Å². The summed E-state index contributed by atoms with van der Waals surface area (Å²) in [7, 11) is 1.81. The van der Waals surface area contributed by atoms with Crippen LogP contribution in [0, 0.1) is 0 Å². The summed E-state index contributed by atoms with van der Waals surface area (Å²) in [6.07, 6.45) is 7.20. The highest BCUT2D eigenvalue weighted by Gasteiger charge is 2.23. The van der Waals surface area contributed by atoms with E-state index >= 15 is 0 Å². The maximum Gasteiger partial charge on any atom is 0.326 e. The Labute approximate surface area is 211 Å². The molecule has 4 rings (SSSR count). The Hall–Kier alpha value is -3.46. The third-order valence-electron chi connectivity index (χ3n) is 6.93. The van der Waals surface area contributed by atoms with Gasteiger partial charge in [-0.15, -0.1) is 0 Å². The lowest BCUT2D eigenvalue weighted by Crippen LogP contribution is -2.43. The van der Waals surface area contributed by atoms with Crippen molar-refractivity contribution in [2.24, 2.45) is 7.05 Å². The standard InChI is InChI=1S/C27H36N6O3/c1-3-33(16-5-4-9-20-13-12-19-8-7-15-28-25(19)30-20)17-14-23(27(35)36)31-26(34)21-10-6-11-24-22(21)18-29-32(24)2/h6,10-13,18,23H,3-5,7-9,14-17H2,1-2H3,(H,28,30)(H,31,34)(H,35,36). The topological polar surface area (TPSA) is 112 Å². The van der Waals surface area contributed by atoms with Crippen molar-refractivity contribution in [2.75, 3.05) is 31.5 Å². The molecule has 0 spiro atoms. The van der Waals surface area contributed by atoms with Gasteiger partial charge in [-0.05, 0) is 75.4 Å². The quantitative estimate of drug-likeness (QED) is 0.333. The number of carbonyl (C=O) groups excluding carboxylic acids is 1. The molecule has 1 aliphatic heterocycles. The van der Waals surface area contributed by atoms with E-state index < -0.39 is 17.9 Å². The first-order chi connectivity index (χ1) is 17.5. The van der Waals surface area contributed by atoms with Crippen LogP contribution < -0.4 is 10.6 Å². The number of anilines is 1. The van der Waals surface area contributed by atoms with Gasteiger partial charge in [0.1, 0.15) is 11.9 Å². The van der Waals surface area contributed by atoms with Gasteiger partial charge in [-0.1, -0.05) is 19.1 Å². The van der Waals surface area contributed by atoms with Crippen LogP contribution in [0.2, 0.25) is 0 Å². The van der Waals surface area contributed by atoms with Crippen molar-refractivity contribution in [3.8, 4) is 0 Å². The molecule has 9 nitrogen and oxygen atoms in total. The highest BCUT2D eigenvalue weighted by molar-refractivity contribution is 6.07. The van der Waals surface area contributed by atoms with E-state index in [9.17, 15) is 14.7 Å². The first kappa shape index (κ1) is 25.6. The number of carboxylic acid groups (broad SMARTS) is 1. The third kappa shape index (κ3) is 6.20. The largest absolute Gasteiger partial charge is 0.480 e. The number of benzene rings is 1. The molecule has 1 unspecified atom stereocenters. The number of nitrogens with one attached hydrogen (secondary N) is 2. The SMILES string of the molecule is CCN(CCCCc1ccc2c(n1)NCCC2)CCC(NC(=O)c1cccc2c1cnn2C)C(=O)O. The molecule has 1 atom stereocenters. The van der Waals surface area contributed by atoms with E-state index in [0.717, 1.165) is 68.8 Å². The zero-order valence-corrected chi connectivity index (χ0v) is 21.2. The lowest BCUT2D eigenvalue weighted by atomic mass is 10.1. The minimum Gasteiger partial charge on any atom is -0.480 e. The van der Waals surface area contributed by atoms with Crippen LogP contribution in [0.25, 0.3) is 10.9 Å². The summed E-state index contributed by atoms with van der Waals surface area (Å²) in [4.78, 5) is 31.8. The average Bonchev–Trinajstić information content (AvgIpc) is 3.27. The Kier molecular flexibility index (Phi) is 8.53. The second kappa shape index (κ2) is 12.0. The molecule has 1 aliphatic rings. The van der Waals surface area contributed by atoms with E-state index in [-0.39, 0.29) is 0 Å². The molecular weight excluding hydrogens is 456 g/mol. The third-order valence-corrected chi connectivity index (χ3v) is 6.93. The smallest absolute Gasteiger partial charge is 0.326 e. The minimum absolute atomic E-state index is 0.343. The average molecular weight is 493 g/mol. The van der Waals surface area contributed by atoms with Gasteiger partial charge in [0.2, 0.25) is 0 Å². The van der Waals surface area contributed by atoms with Crippen molar-refractivity contribution < 1.29 is 14.7 Å². The number of aryl methyl sites for hydroxylation is 3. The Morgan fingerprint density at radius 3 is 2.89 bits per heavy atom. The second-order valence-electron chi connectivity index (χ2n) is 9.39. The van der Waals surface area contributed by atoms with Gasteiger partial charge in [-0.2, -0.15) is 5.10 Å². The first-order valence-corrected chi connectivity index (χ1v) is 12.9. The first-order valence-electron chi connectivity index (χ1n) is 12.9. The number of aromatic nitrogens is 3. The fourth-order valence-electron chi connectivity index (χ4n) is 4.76. The van der Waals surface area contributed by atoms with E-state index in [1.165, 1.54) is 5.56 Å². The highest BCUT2D eigenvalue weighted by atomic mass is 16.4. The monoisotopic (exact) mass is 492 g/mol. The number of hydrogen-bond acceptors (Lipinski definition) is 6. The molecule has 9 heteroatoms. The molecule has 0 radical (unpaired) electrons. The van der Waals surface area contributed by atoms with Crippen molar-refractivity contribution in [3.63, 3.8) is 0 Å². The van der Waals surface area contributed by atoms with Gasteiger partial charge in [0.15, 0.2) is 0 Å². The number of aliphatic carboxylic acids is 1. The number of rotatable bonds is 12. The molecule has 3 aromatic rings. The van der Waals surface area contributed by atoms with Crippen LogP contribution in [0.3, 0.4) is 0 Å². The lowest BCUT2D eigenvalue weighted by Gasteiger charge is -2.23. The van der Waals surface area contributed by atoms with E-state index in [2.05, 4.69) is 39.7 Å². The Morgan fingerprint density at radius 1 is 1.22 bits per heavy atom. The molecule has 0 saturated heterocycles. The van der Waals surface area contributed by atoms with Gasteiger partial charge < -0.3 is 20.6 Å². The molecule has 0 bridgehead atoms. The van der Waals surface area contributed by atoms with Gasteiger partial charge in [0.25, 0.3) is 5.91 Å². The van der Waals surface area contributed by atoms with Gasteiger partial charge >= 0.3 is 5.97 Å². The number of pyridine rings is 1. The molecule has 0 fully saturated rings. The van der Waals surface area contributed by atoms with Crippen LogP contribution in [0.4, 0.5) is 5.82 Å². The molecule has 0 aliphatic carbocycles. The van der Waals surface area contributed by atoms with Crippen LogP contribution in [0.1, 0.15) is 54.2 Å². The number of carboxylic acids is 1. The molecule has 1 amide bonds. The van der Waals surface area contributed by atoms with Crippen molar-refractivity contribution in [1.82, 2.24) is 25.0 Å². The summed E-state index contributed by atoms with van der Waals surface area (Å²) in [5.41, 5.74) is 3.68. The van der Waals surface area contributed by atoms with E-state index in [1.54, 1.807) is 23.0 Å². The fourth-order valence-corrected chi connectivity index (χ4v) is 4.76. The maximum atomic E-state index is 12.9. The van der Waals surface area contributed by atoms with Gasteiger partial charge in [0.05, 0.1) is 17.3 Å². The predicted octanol–water partition coefficient (Wildman–Crippen LogP) is 3.24. The maximum absolute atomic E-state index is 12.9. The zero-order valence-electron chi connectivity index (χ0n) is 21.2. The number of fused-ring (bicyclic) bond motifs is 2. The van der Waals surface area contributed by atoms with Crippen LogP contribution >= 0.6 is 0 Å². The molecule has 3 heterocycles. The molecule has 3 N–H and O–H groups in total. The van der Waals surface area contributed by atoms with Crippen LogP contribution in [0.5, 0.6) is 0 Å². The molecule has 0 saturated carbocycles. The van der Waals surface area contributed by atoms with Crippen LogP contribution in [0.15, 0.2) is 36.5 Å². The van der Waals surface area contributed by atoms with Gasteiger partial charge in [0, 0.05) is 31.2 Å². The summed E-state index contributed by atoms with van der Waals surface area (Å²) < 4.78 is 1.69. The summed E-state index contributed by atoms with van der Waals surface area (Å²) in [5.74, 6) is -0.378.